The maximum atomic E-state index is 12.3. The third-order valence-electron chi connectivity index (χ3n) is 3.77. The fourth-order valence-corrected chi connectivity index (χ4v) is 3.59. The van der Waals surface area contributed by atoms with Crippen LogP contribution in [0, 0.1) is 6.92 Å². The molecular formula is C19H20ClN3O4S. The first-order valence-corrected chi connectivity index (χ1v) is 10.5. The molecule has 0 spiro atoms. The van der Waals surface area contributed by atoms with E-state index in [9.17, 15) is 8.42 Å². The molecule has 1 N–H and O–H groups in total. The number of halogens is 1. The summed E-state index contributed by atoms with van der Waals surface area (Å²) in [5, 5.41) is 4.31. The summed E-state index contributed by atoms with van der Waals surface area (Å²) in [6.45, 7) is 5.59. The fraction of sp³-hybridized carbons (Fsp3) is 0.263. The number of aromatic nitrogens is 2. The molecule has 7 nitrogen and oxygen atoms in total. The molecule has 28 heavy (non-hydrogen) atoms. The molecule has 0 amide bonds. The van der Waals surface area contributed by atoms with Gasteiger partial charge in [-0.1, -0.05) is 34.5 Å². The Morgan fingerprint density at radius 3 is 2.54 bits per heavy atom. The van der Waals surface area contributed by atoms with E-state index in [0.717, 1.165) is 5.56 Å². The largest absolute Gasteiger partial charge is 0.489 e. The summed E-state index contributed by atoms with van der Waals surface area (Å²) in [5.74, 6) is 1.02. The van der Waals surface area contributed by atoms with Crippen LogP contribution in [0.4, 0.5) is 0 Å². The van der Waals surface area contributed by atoms with Crippen molar-refractivity contribution >= 4 is 21.6 Å². The maximum Gasteiger partial charge on any atom is 0.242 e. The number of nitrogens with one attached hydrogen (secondary N) is 1. The summed E-state index contributed by atoms with van der Waals surface area (Å²) in [6.07, 6.45) is 0.00156. The number of aryl methyl sites for hydroxylation is 1. The van der Waals surface area contributed by atoms with Crippen LogP contribution >= 0.6 is 11.6 Å². The molecule has 0 radical (unpaired) electrons. The highest BCUT2D eigenvalue weighted by Gasteiger charge is 2.17. The van der Waals surface area contributed by atoms with E-state index in [1.807, 2.05) is 20.8 Å². The molecule has 0 saturated heterocycles. The first-order valence-electron chi connectivity index (χ1n) is 8.60. The quantitative estimate of drug-likeness (QED) is 0.620. The lowest BCUT2D eigenvalue weighted by Crippen LogP contribution is -2.23. The Morgan fingerprint density at radius 2 is 1.89 bits per heavy atom. The van der Waals surface area contributed by atoms with Gasteiger partial charge in [-0.3, -0.25) is 0 Å². The molecule has 2 aromatic carbocycles. The number of nitrogens with zero attached hydrogens (tertiary/aromatic N) is 2. The number of rotatable bonds is 7. The van der Waals surface area contributed by atoms with E-state index in [-0.39, 0.29) is 23.4 Å². The highest BCUT2D eigenvalue weighted by molar-refractivity contribution is 7.89. The number of benzene rings is 2. The van der Waals surface area contributed by atoms with Crippen molar-refractivity contribution < 1.29 is 17.7 Å². The van der Waals surface area contributed by atoms with Gasteiger partial charge in [0.15, 0.2) is 0 Å². The highest BCUT2D eigenvalue weighted by Crippen LogP contribution is 2.30. The third-order valence-corrected chi connectivity index (χ3v) is 5.48. The van der Waals surface area contributed by atoms with Gasteiger partial charge in [-0.2, -0.15) is 4.98 Å². The van der Waals surface area contributed by atoms with Crippen molar-refractivity contribution in [3.05, 3.63) is 58.9 Å². The Labute approximate surface area is 168 Å². The van der Waals surface area contributed by atoms with Crippen molar-refractivity contribution in [2.24, 2.45) is 0 Å². The molecule has 3 aromatic rings. The van der Waals surface area contributed by atoms with Gasteiger partial charge in [-0.05, 0) is 51.1 Å². The van der Waals surface area contributed by atoms with Gasteiger partial charge in [-0.25, -0.2) is 13.1 Å². The number of sulfonamides is 1. The molecule has 0 aliphatic rings. The predicted molar refractivity (Wildman–Crippen MR) is 106 cm³/mol. The molecule has 3 rings (SSSR count). The molecular weight excluding hydrogens is 402 g/mol. The van der Waals surface area contributed by atoms with Gasteiger partial charge in [0, 0.05) is 5.56 Å². The standard InChI is InChI=1S/C19H20ClN3O4S/c1-12(2)26-17-9-6-14(10-16(17)20)19-22-18(27-23-19)11-21-28(24,25)15-7-4-13(3)5-8-15/h4-10,12,21H,11H2,1-3H3. The lowest BCUT2D eigenvalue weighted by molar-refractivity contribution is 0.242. The van der Waals surface area contributed by atoms with E-state index in [1.54, 1.807) is 42.5 Å². The zero-order valence-corrected chi connectivity index (χ0v) is 17.2. The van der Waals surface area contributed by atoms with Crippen LogP contribution in [0.1, 0.15) is 25.3 Å². The Bertz CT molecular complexity index is 1060. The summed E-state index contributed by atoms with van der Waals surface area (Å²) in [7, 11) is -3.67. The lowest BCUT2D eigenvalue weighted by Gasteiger charge is -2.11. The second-order valence-corrected chi connectivity index (χ2v) is 8.64. The first-order chi connectivity index (χ1) is 13.2. The summed E-state index contributed by atoms with van der Waals surface area (Å²) < 4.78 is 37.8. The molecule has 0 aliphatic heterocycles. The normalized spacial score (nSPS) is 11.8. The number of ether oxygens (including phenoxy) is 1. The van der Waals surface area contributed by atoms with E-state index in [2.05, 4.69) is 14.9 Å². The van der Waals surface area contributed by atoms with Gasteiger partial charge in [0.2, 0.25) is 21.7 Å². The van der Waals surface area contributed by atoms with Crippen molar-refractivity contribution in [1.29, 1.82) is 0 Å². The fourth-order valence-electron chi connectivity index (χ4n) is 2.39. The average Bonchev–Trinajstić information content (AvgIpc) is 3.11. The molecule has 0 fully saturated rings. The van der Waals surface area contributed by atoms with Crippen LogP contribution < -0.4 is 9.46 Å². The summed E-state index contributed by atoms with van der Waals surface area (Å²) in [6, 6.07) is 11.7. The SMILES string of the molecule is Cc1ccc(S(=O)(=O)NCc2nc(-c3ccc(OC(C)C)c(Cl)c3)no2)cc1. The Balaban J connectivity index is 1.70. The van der Waals surface area contributed by atoms with Crippen LogP contribution in [-0.4, -0.2) is 24.7 Å². The Morgan fingerprint density at radius 1 is 1.18 bits per heavy atom. The number of hydrogen-bond acceptors (Lipinski definition) is 6. The van der Waals surface area contributed by atoms with Crippen LogP contribution in [-0.2, 0) is 16.6 Å². The first kappa shape index (κ1) is 20.3. The van der Waals surface area contributed by atoms with Gasteiger partial charge >= 0.3 is 0 Å². The van der Waals surface area contributed by atoms with Crippen LogP contribution in [0.3, 0.4) is 0 Å². The molecule has 0 unspecified atom stereocenters. The van der Waals surface area contributed by atoms with Gasteiger partial charge in [0.05, 0.1) is 22.6 Å². The Hall–Kier alpha value is -2.42. The van der Waals surface area contributed by atoms with Crippen molar-refractivity contribution in [1.82, 2.24) is 14.9 Å². The van der Waals surface area contributed by atoms with Gasteiger partial charge in [-0.15, -0.1) is 0 Å². The summed E-state index contributed by atoms with van der Waals surface area (Å²) >= 11 is 6.23. The zero-order chi connectivity index (χ0) is 20.3. The average molecular weight is 422 g/mol. The Kier molecular flexibility index (Phi) is 6.02. The molecule has 0 atom stereocenters. The van der Waals surface area contributed by atoms with Gasteiger partial charge in [0.25, 0.3) is 0 Å². The minimum Gasteiger partial charge on any atom is -0.489 e. The van der Waals surface area contributed by atoms with Crippen molar-refractivity contribution in [2.45, 2.75) is 38.3 Å². The molecule has 0 bridgehead atoms. The zero-order valence-electron chi connectivity index (χ0n) is 15.6. The van der Waals surface area contributed by atoms with Crippen LogP contribution in [0.25, 0.3) is 11.4 Å². The number of hydrogen-bond donors (Lipinski definition) is 1. The lowest BCUT2D eigenvalue weighted by atomic mass is 10.2. The topological polar surface area (TPSA) is 94.3 Å². The van der Waals surface area contributed by atoms with E-state index < -0.39 is 10.0 Å². The third kappa shape index (κ3) is 4.89. The van der Waals surface area contributed by atoms with E-state index in [1.165, 1.54) is 0 Å². The second kappa shape index (κ2) is 8.30. The van der Waals surface area contributed by atoms with Crippen molar-refractivity contribution in [3.63, 3.8) is 0 Å². The highest BCUT2D eigenvalue weighted by atomic mass is 35.5. The minimum absolute atomic E-state index is 0.00156. The van der Waals surface area contributed by atoms with Gasteiger partial charge < -0.3 is 9.26 Å². The maximum absolute atomic E-state index is 12.3. The van der Waals surface area contributed by atoms with Crippen molar-refractivity contribution in [2.75, 3.05) is 0 Å². The van der Waals surface area contributed by atoms with E-state index in [4.69, 9.17) is 20.9 Å². The predicted octanol–water partition coefficient (Wildman–Crippen LogP) is 3.96. The monoisotopic (exact) mass is 421 g/mol. The summed E-state index contributed by atoms with van der Waals surface area (Å²) in [5.41, 5.74) is 1.61. The van der Waals surface area contributed by atoms with Crippen LogP contribution in [0.5, 0.6) is 5.75 Å². The second-order valence-electron chi connectivity index (χ2n) is 6.46. The van der Waals surface area contributed by atoms with Crippen molar-refractivity contribution in [3.8, 4) is 17.1 Å². The summed E-state index contributed by atoms with van der Waals surface area (Å²) in [4.78, 5) is 4.39. The van der Waals surface area contributed by atoms with Crippen LogP contribution in [0.2, 0.25) is 5.02 Å². The molecule has 1 aromatic heterocycles. The molecule has 0 aliphatic carbocycles. The molecule has 148 valence electrons. The van der Waals surface area contributed by atoms with Crippen LogP contribution in [0.15, 0.2) is 51.9 Å². The molecule has 1 heterocycles. The minimum atomic E-state index is -3.67. The van der Waals surface area contributed by atoms with E-state index in [0.29, 0.717) is 22.2 Å². The molecule has 9 heteroatoms. The van der Waals surface area contributed by atoms with E-state index >= 15 is 0 Å². The van der Waals surface area contributed by atoms with Gasteiger partial charge in [0.1, 0.15) is 5.75 Å². The molecule has 0 saturated carbocycles. The smallest absolute Gasteiger partial charge is 0.242 e.